The molecule has 1 aliphatic heterocycles. The number of amides is 1. The predicted octanol–water partition coefficient (Wildman–Crippen LogP) is 2.09. The molecule has 0 aliphatic carbocycles. The molecule has 4 rings (SSSR count). The molecule has 3 heterocycles. The van der Waals surface area contributed by atoms with Crippen molar-refractivity contribution < 1.29 is 9.53 Å². The average molecular weight is 422 g/mol. The van der Waals surface area contributed by atoms with Crippen LogP contribution in [0.4, 0.5) is 0 Å². The highest BCUT2D eigenvalue weighted by Crippen LogP contribution is 2.19. The number of piperidine rings is 1. The summed E-state index contributed by atoms with van der Waals surface area (Å²) in [5.74, 6) is 0.513. The molecular formula is C23H26N4O4. The van der Waals surface area contributed by atoms with E-state index in [-0.39, 0.29) is 23.5 Å². The molecule has 0 bridgehead atoms. The molecule has 1 aromatic carbocycles. The molecule has 2 aromatic heterocycles. The number of aromatic nitrogens is 3. The second-order valence-corrected chi connectivity index (χ2v) is 7.94. The van der Waals surface area contributed by atoms with E-state index in [1.54, 1.807) is 44.2 Å². The van der Waals surface area contributed by atoms with E-state index in [4.69, 9.17) is 4.74 Å². The van der Waals surface area contributed by atoms with Gasteiger partial charge in [0.25, 0.3) is 11.5 Å². The number of hydrogen-bond donors (Lipinski definition) is 0. The predicted molar refractivity (Wildman–Crippen MR) is 118 cm³/mol. The molecule has 1 fully saturated rings. The number of benzene rings is 1. The van der Waals surface area contributed by atoms with Gasteiger partial charge in [0.1, 0.15) is 11.4 Å². The van der Waals surface area contributed by atoms with Crippen LogP contribution in [0.5, 0.6) is 5.75 Å². The molecule has 1 aliphatic rings. The van der Waals surface area contributed by atoms with Gasteiger partial charge >= 0.3 is 5.69 Å². The third-order valence-corrected chi connectivity index (χ3v) is 5.80. The molecule has 0 saturated carbocycles. The van der Waals surface area contributed by atoms with E-state index in [1.807, 2.05) is 12.1 Å². The monoisotopic (exact) mass is 422 g/mol. The number of hydrogen-bond acceptors (Lipinski definition) is 5. The van der Waals surface area contributed by atoms with Gasteiger partial charge in [0.05, 0.1) is 24.6 Å². The summed E-state index contributed by atoms with van der Waals surface area (Å²) in [6.45, 7) is 3.21. The molecule has 0 N–H and O–H groups in total. The summed E-state index contributed by atoms with van der Waals surface area (Å²) < 4.78 is 7.68. The Morgan fingerprint density at radius 1 is 1.10 bits per heavy atom. The van der Waals surface area contributed by atoms with Gasteiger partial charge < -0.3 is 9.64 Å². The van der Waals surface area contributed by atoms with Gasteiger partial charge in [-0.3, -0.25) is 18.7 Å². The molecule has 31 heavy (non-hydrogen) atoms. The minimum atomic E-state index is -0.498. The number of ether oxygens (including phenoxy) is 1. The number of fused-ring (bicyclic) bond motifs is 1. The largest absolute Gasteiger partial charge is 0.497 e. The van der Waals surface area contributed by atoms with Crippen molar-refractivity contribution in [2.75, 3.05) is 20.2 Å². The van der Waals surface area contributed by atoms with Crippen molar-refractivity contribution in [2.45, 2.75) is 32.7 Å². The molecular weight excluding hydrogens is 396 g/mol. The summed E-state index contributed by atoms with van der Waals surface area (Å²) in [7, 11) is 3.16. The molecule has 0 radical (unpaired) electrons. The van der Waals surface area contributed by atoms with Crippen LogP contribution in [0.1, 0.15) is 40.9 Å². The first-order chi connectivity index (χ1) is 14.9. The van der Waals surface area contributed by atoms with Gasteiger partial charge in [0.15, 0.2) is 0 Å². The zero-order valence-electron chi connectivity index (χ0n) is 18.1. The third-order valence-electron chi connectivity index (χ3n) is 5.80. The standard InChI is InChI=1S/C23H26N4O4/c1-15-13-18(21(28)26-11-5-4-6-12-26)19-20(24-15)25(2)23(30)27(22(19)29)14-16-7-9-17(31-3)10-8-16/h7-10,13H,4-6,11-12,14H2,1-3H3. The van der Waals surface area contributed by atoms with Crippen LogP contribution in [-0.2, 0) is 13.6 Å². The van der Waals surface area contributed by atoms with Gasteiger partial charge in [-0.15, -0.1) is 0 Å². The number of nitrogens with zero attached hydrogens (tertiary/aromatic N) is 4. The minimum absolute atomic E-state index is 0.0939. The Bertz CT molecular complexity index is 1250. The van der Waals surface area contributed by atoms with Gasteiger partial charge in [0.2, 0.25) is 0 Å². The number of carbonyl (C=O) groups excluding carboxylic acids is 1. The Labute approximate surface area is 179 Å². The highest BCUT2D eigenvalue weighted by molar-refractivity contribution is 6.05. The number of likely N-dealkylation sites (tertiary alicyclic amines) is 1. The van der Waals surface area contributed by atoms with Crippen molar-refractivity contribution in [1.29, 1.82) is 0 Å². The molecule has 8 nitrogen and oxygen atoms in total. The number of rotatable bonds is 4. The summed E-state index contributed by atoms with van der Waals surface area (Å²) in [6, 6.07) is 8.83. The summed E-state index contributed by atoms with van der Waals surface area (Å²) in [4.78, 5) is 46.0. The van der Waals surface area contributed by atoms with Crippen LogP contribution >= 0.6 is 0 Å². The summed E-state index contributed by atoms with van der Waals surface area (Å²) in [6.07, 6.45) is 3.00. The first-order valence-electron chi connectivity index (χ1n) is 10.4. The van der Waals surface area contributed by atoms with E-state index in [0.717, 1.165) is 29.4 Å². The van der Waals surface area contributed by atoms with E-state index in [0.29, 0.717) is 30.1 Å². The highest BCUT2D eigenvalue weighted by atomic mass is 16.5. The van der Waals surface area contributed by atoms with Crippen molar-refractivity contribution in [3.8, 4) is 5.75 Å². The van der Waals surface area contributed by atoms with Crippen LogP contribution in [0.3, 0.4) is 0 Å². The number of methoxy groups -OCH3 is 1. The average Bonchev–Trinajstić information content (AvgIpc) is 2.80. The molecule has 1 saturated heterocycles. The Hall–Kier alpha value is -3.42. The molecule has 0 unspecified atom stereocenters. The van der Waals surface area contributed by atoms with E-state index in [2.05, 4.69) is 4.98 Å². The fraction of sp³-hybridized carbons (Fsp3) is 0.391. The van der Waals surface area contributed by atoms with E-state index in [9.17, 15) is 14.4 Å². The van der Waals surface area contributed by atoms with Gasteiger partial charge in [-0.2, -0.15) is 0 Å². The van der Waals surface area contributed by atoms with Crippen LogP contribution in [0, 0.1) is 6.92 Å². The van der Waals surface area contributed by atoms with Crippen LogP contribution in [0.2, 0.25) is 0 Å². The van der Waals surface area contributed by atoms with Crippen LogP contribution in [-0.4, -0.2) is 45.1 Å². The summed E-state index contributed by atoms with van der Waals surface area (Å²) in [5, 5.41) is 0.191. The lowest BCUT2D eigenvalue weighted by atomic mass is 10.1. The lowest BCUT2D eigenvalue weighted by Gasteiger charge is -2.27. The van der Waals surface area contributed by atoms with Crippen molar-refractivity contribution in [3.63, 3.8) is 0 Å². The van der Waals surface area contributed by atoms with Crippen molar-refractivity contribution in [2.24, 2.45) is 7.05 Å². The normalized spacial score (nSPS) is 14.1. The zero-order valence-corrected chi connectivity index (χ0v) is 18.1. The Kier molecular flexibility index (Phi) is 5.63. The topological polar surface area (TPSA) is 86.4 Å². The maximum absolute atomic E-state index is 13.5. The van der Waals surface area contributed by atoms with E-state index >= 15 is 0 Å². The van der Waals surface area contributed by atoms with Crippen LogP contribution in [0.25, 0.3) is 11.0 Å². The first-order valence-corrected chi connectivity index (χ1v) is 10.4. The third kappa shape index (κ3) is 3.85. The maximum atomic E-state index is 13.5. The summed E-state index contributed by atoms with van der Waals surface area (Å²) >= 11 is 0. The van der Waals surface area contributed by atoms with Crippen LogP contribution in [0.15, 0.2) is 39.9 Å². The van der Waals surface area contributed by atoms with Gasteiger partial charge in [-0.05, 0) is 49.9 Å². The lowest BCUT2D eigenvalue weighted by molar-refractivity contribution is 0.0726. The zero-order chi connectivity index (χ0) is 22.1. The minimum Gasteiger partial charge on any atom is -0.497 e. The van der Waals surface area contributed by atoms with Crippen molar-refractivity contribution in [3.05, 3.63) is 68.0 Å². The maximum Gasteiger partial charge on any atom is 0.332 e. The Morgan fingerprint density at radius 2 is 1.77 bits per heavy atom. The fourth-order valence-electron chi connectivity index (χ4n) is 4.09. The second kappa shape index (κ2) is 8.37. The molecule has 8 heteroatoms. The number of pyridine rings is 1. The van der Waals surface area contributed by atoms with Gasteiger partial charge in [0, 0.05) is 25.8 Å². The number of carbonyl (C=O) groups is 1. The number of aryl methyl sites for hydroxylation is 2. The van der Waals surface area contributed by atoms with Crippen molar-refractivity contribution in [1.82, 2.24) is 19.0 Å². The molecule has 162 valence electrons. The Morgan fingerprint density at radius 3 is 2.42 bits per heavy atom. The molecule has 0 atom stereocenters. The quantitative estimate of drug-likeness (QED) is 0.643. The molecule has 3 aromatic rings. The molecule has 1 amide bonds. The first kappa shape index (κ1) is 20.8. The summed E-state index contributed by atoms with van der Waals surface area (Å²) in [5.41, 5.74) is 0.956. The van der Waals surface area contributed by atoms with Crippen molar-refractivity contribution >= 4 is 16.9 Å². The Balaban J connectivity index is 1.88. The van der Waals surface area contributed by atoms with Crippen LogP contribution < -0.4 is 16.0 Å². The smallest absolute Gasteiger partial charge is 0.332 e. The fourth-order valence-corrected chi connectivity index (χ4v) is 4.09. The van der Waals surface area contributed by atoms with E-state index < -0.39 is 11.2 Å². The molecule has 0 spiro atoms. The SMILES string of the molecule is COc1ccc(Cn2c(=O)c3c(C(=O)N4CCCCC4)cc(C)nc3n(C)c2=O)cc1. The van der Waals surface area contributed by atoms with Gasteiger partial charge in [-0.25, -0.2) is 9.78 Å². The lowest BCUT2D eigenvalue weighted by Crippen LogP contribution is -2.41. The second-order valence-electron chi connectivity index (χ2n) is 7.94. The highest BCUT2D eigenvalue weighted by Gasteiger charge is 2.25. The van der Waals surface area contributed by atoms with E-state index in [1.165, 1.54) is 4.57 Å². The van der Waals surface area contributed by atoms with Gasteiger partial charge in [-0.1, -0.05) is 12.1 Å².